The molecule has 1 aliphatic heterocycles. The number of aromatic nitrogens is 1. The normalized spacial score (nSPS) is 15.6. The number of rotatable bonds is 6. The topological polar surface area (TPSA) is 69.9 Å². The Balaban J connectivity index is 1.91. The number of nitrogens with zero attached hydrogens (tertiary/aromatic N) is 2. The Morgan fingerprint density at radius 1 is 1.20 bits per heavy atom. The first kappa shape index (κ1) is 25.4. The molecule has 6 nitrogen and oxygen atoms in total. The number of ether oxygens (including phenoxy) is 2. The number of hydrogen-bond donors (Lipinski definition) is 0. The Hall–Kier alpha value is -2.68. The number of benzene rings is 2. The molecule has 0 radical (unpaired) electrons. The van der Waals surface area contributed by atoms with Crippen LogP contribution in [0.15, 0.2) is 61.9 Å². The van der Waals surface area contributed by atoms with Gasteiger partial charge in [-0.15, -0.1) is 0 Å². The van der Waals surface area contributed by atoms with Gasteiger partial charge in [-0.2, -0.15) is 0 Å². The van der Waals surface area contributed by atoms with Crippen LogP contribution in [0.2, 0.25) is 5.02 Å². The van der Waals surface area contributed by atoms with Crippen LogP contribution in [-0.4, -0.2) is 23.8 Å². The molecular formula is C26H24BrClN2O4S. The Bertz CT molecular complexity index is 1480. The number of fused-ring (bicyclic) bond motifs is 1. The van der Waals surface area contributed by atoms with Gasteiger partial charge in [-0.25, -0.2) is 9.79 Å². The first-order valence-electron chi connectivity index (χ1n) is 11.1. The maximum Gasteiger partial charge on any atom is 0.338 e. The second kappa shape index (κ2) is 10.5. The number of halogens is 2. The summed E-state index contributed by atoms with van der Waals surface area (Å²) in [5.74, 6) is 0.0812. The van der Waals surface area contributed by atoms with Gasteiger partial charge in [0.05, 0.1) is 44.6 Å². The van der Waals surface area contributed by atoms with Crippen molar-refractivity contribution in [2.75, 3.05) is 13.2 Å². The van der Waals surface area contributed by atoms with E-state index in [9.17, 15) is 9.59 Å². The van der Waals surface area contributed by atoms with Gasteiger partial charge in [-0.3, -0.25) is 9.36 Å². The number of carbonyl (C=O) groups is 1. The third kappa shape index (κ3) is 5.01. The van der Waals surface area contributed by atoms with E-state index < -0.39 is 12.0 Å². The van der Waals surface area contributed by atoms with Crippen LogP contribution in [0.3, 0.4) is 0 Å². The Labute approximate surface area is 220 Å². The van der Waals surface area contributed by atoms with Crippen molar-refractivity contribution in [2.45, 2.75) is 33.7 Å². The zero-order valence-electron chi connectivity index (χ0n) is 19.7. The fraction of sp³-hybridized carbons (Fsp3) is 0.269. The monoisotopic (exact) mass is 574 g/mol. The van der Waals surface area contributed by atoms with Crippen molar-refractivity contribution in [1.82, 2.24) is 4.57 Å². The van der Waals surface area contributed by atoms with Crippen molar-refractivity contribution in [3.8, 4) is 5.75 Å². The van der Waals surface area contributed by atoms with Gasteiger partial charge >= 0.3 is 5.97 Å². The molecule has 0 unspecified atom stereocenters. The van der Waals surface area contributed by atoms with Gasteiger partial charge in [0, 0.05) is 0 Å². The summed E-state index contributed by atoms with van der Waals surface area (Å²) >= 11 is 11.2. The molecule has 2 aromatic carbocycles. The van der Waals surface area contributed by atoms with E-state index >= 15 is 0 Å². The number of aryl methyl sites for hydroxylation is 1. The summed E-state index contributed by atoms with van der Waals surface area (Å²) in [6, 6.07) is 10.7. The summed E-state index contributed by atoms with van der Waals surface area (Å²) in [7, 11) is 0. The first-order chi connectivity index (χ1) is 16.7. The van der Waals surface area contributed by atoms with Gasteiger partial charge in [0.2, 0.25) is 0 Å². The lowest BCUT2D eigenvalue weighted by Crippen LogP contribution is -2.39. The standard InChI is InChI=1S/C26H24BrClN2O4S/c1-5-33-23-18(27)11-16(12-19(23)28)13-20-24(31)30-22(17-9-7-14(3)8-10-17)21(25(32)34-6-2)15(4)29-26(30)35-20/h7-13,22H,5-6H2,1-4H3/b20-13+/t22-/m1/s1. The minimum Gasteiger partial charge on any atom is -0.491 e. The molecule has 1 atom stereocenters. The zero-order valence-corrected chi connectivity index (χ0v) is 22.9. The molecule has 0 aliphatic carbocycles. The van der Waals surface area contributed by atoms with Gasteiger partial charge in [0.1, 0.15) is 0 Å². The predicted octanol–water partition coefficient (Wildman–Crippen LogP) is 4.92. The third-order valence-electron chi connectivity index (χ3n) is 5.52. The van der Waals surface area contributed by atoms with Crippen LogP contribution in [-0.2, 0) is 9.53 Å². The van der Waals surface area contributed by atoms with Crippen LogP contribution in [0.1, 0.15) is 43.5 Å². The third-order valence-corrected chi connectivity index (χ3v) is 7.37. The smallest absolute Gasteiger partial charge is 0.338 e. The average molecular weight is 576 g/mol. The Kier molecular flexibility index (Phi) is 7.64. The molecule has 0 saturated carbocycles. The highest BCUT2D eigenvalue weighted by atomic mass is 79.9. The van der Waals surface area contributed by atoms with E-state index in [0.29, 0.717) is 42.5 Å². The second-order valence-electron chi connectivity index (χ2n) is 7.96. The molecule has 4 rings (SSSR count). The van der Waals surface area contributed by atoms with Crippen LogP contribution >= 0.6 is 38.9 Å². The van der Waals surface area contributed by atoms with E-state index in [-0.39, 0.29) is 12.2 Å². The molecule has 1 aliphatic rings. The lowest BCUT2D eigenvalue weighted by molar-refractivity contribution is -0.139. The van der Waals surface area contributed by atoms with Gasteiger partial charge < -0.3 is 9.47 Å². The first-order valence-corrected chi connectivity index (χ1v) is 13.1. The average Bonchev–Trinajstić information content (AvgIpc) is 3.10. The molecule has 0 fully saturated rings. The molecule has 0 spiro atoms. The number of allylic oxidation sites excluding steroid dienone is 1. The fourth-order valence-corrected chi connectivity index (χ4v) is 5.99. The minimum atomic E-state index is -0.635. The van der Waals surface area contributed by atoms with E-state index in [1.165, 1.54) is 11.3 Å². The van der Waals surface area contributed by atoms with Crippen molar-refractivity contribution in [1.29, 1.82) is 0 Å². The van der Waals surface area contributed by atoms with Crippen molar-refractivity contribution >= 4 is 50.9 Å². The van der Waals surface area contributed by atoms with E-state index in [1.54, 1.807) is 30.6 Å². The summed E-state index contributed by atoms with van der Waals surface area (Å²) in [4.78, 5) is 31.8. The lowest BCUT2D eigenvalue weighted by Gasteiger charge is -2.24. The van der Waals surface area contributed by atoms with Crippen LogP contribution in [0.25, 0.3) is 6.08 Å². The van der Waals surface area contributed by atoms with Gasteiger partial charge in [-0.05, 0) is 73.0 Å². The zero-order chi connectivity index (χ0) is 25.3. The van der Waals surface area contributed by atoms with Crippen LogP contribution in [0, 0.1) is 6.92 Å². The molecule has 3 aromatic rings. The molecule has 0 saturated heterocycles. The largest absolute Gasteiger partial charge is 0.491 e. The highest BCUT2D eigenvalue weighted by Crippen LogP contribution is 2.35. The minimum absolute atomic E-state index is 0.230. The van der Waals surface area contributed by atoms with Crippen molar-refractivity contribution < 1.29 is 14.3 Å². The quantitative estimate of drug-likeness (QED) is 0.391. The summed E-state index contributed by atoms with van der Waals surface area (Å²) < 4.78 is 13.7. The molecule has 9 heteroatoms. The molecule has 0 bridgehead atoms. The van der Waals surface area contributed by atoms with Crippen molar-refractivity contribution in [3.05, 3.63) is 93.5 Å². The number of thiazole rings is 1. The number of esters is 1. The van der Waals surface area contributed by atoms with Crippen molar-refractivity contribution in [2.24, 2.45) is 4.99 Å². The molecule has 0 amide bonds. The maximum absolute atomic E-state index is 13.7. The van der Waals surface area contributed by atoms with Crippen LogP contribution < -0.4 is 19.6 Å². The van der Waals surface area contributed by atoms with Crippen LogP contribution in [0.5, 0.6) is 5.75 Å². The van der Waals surface area contributed by atoms with E-state index in [0.717, 1.165) is 16.7 Å². The van der Waals surface area contributed by atoms with Gasteiger partial charge in [0.15, 0.2) is 10.6 Å². The summed E-state index contributed by atoms with van der Waals surface area (Å²) in [6.07, 6.45) is 1.77. The lowest BCUT2D eigenvalue weighted by atomic mass is 9.95. The maximum atomic E-state index is 13.7. The summed E-state index contributed by atoms with van der Waals surface area (Å²) in [6.45, 7) is 8.11. The molecular weight excluding hydrogens is 552 g/mol. The molecule has 1 aromatic heterocycles. The second-order valence-corrected chi connectivity index (χ2v) is 10.2. The van der Waals surface area contributed by atoms with Gasteiger partial charge in [0.25, 0.3) is 5.56 Å². The summed E-state index contributed by atoms with van der Waals surface area (Å²) in [5, 5.41) is 0.443. The molecule has 182 valence electrons. The highest BCUT2D eigenvalue weighted by Gasteiger charge is 2.33. The SMILES string of the molecule is CCOC(=O)C1=C(C)N=c2s/c(=C/c3cc(Cl)c(OCC)c(Br)c3)c(=O)n2[C@@H]1c1ccc(C)cc1. The van der Waals surface area contributed by atoms with E-state index in [1.807, 2.05) is 44.2 Å². The molecule has 0 N–H and O–H groups in total. The Morgan fingerprint density at radius 2 is 1.91 bits per heavy atom. The van der Waals surface area contributed by atoms with Crippen LogP contribution in [0.4, 0.5) is 0 Å². The van der Waals surface area contributed by atoms with E-state index in [4.69, 9.17) is 21.1 Å². The molecule has 35 heavy (non-hydrogen) atoms. The Morgan fingerprint density at radius 3 is 2.54 bits per heavy atom. The number of carbonyl (C=O) groups excluding carboxylic acids is 1. The van der Waals surface area contributed by atoms with E-state index in [2.05, 4.69) is 20.9 Å². The van der Waals surface area contributed by atoms with Gasteiger partial charge in [-0.1, -0.05) is 52.8 Å². The fourth-order valence-electron chi connectivity index (χ4n) is 3.95. The summed E-state index contributed by atoms with van der Waals surface area (Å²) in [5.41, 5.74) is 3.29. The van der Waals surface area contributed by atoms with Crippen molar-refractivity contribution in [3.63, 3.8) is 0 Å². The number of hydrogen-bond acceptors (Lipinski definition) is 6. The predicted molar refractivity (Wildman–Crippen MR) is 142 cm³/mol. The highest BCUT2D eigenvalue weighted by molar-refractivity contribution is 9.10. The molecule has 2 heterocycles.